The Balaban J connectivity index is 4.22. The van der Waals surface area contributed by atoms with Crippen LogP contribution in [-0.4, -0.2) is 52.7 Å². The minimum Gasteiger partial charge on any atom is -0.481 e. The molecule has 0 bridgehead atoms. The Labute approximate surface area is 101 Å². The molecule has 0 radical (unpaired) electrons. The van der Waals surface area contributed by atoms with E-state index in [0.29, 0.717) is 6.54 Å². The summed E-state index contributed by atoms with van der Waals surface area (Å²) in [5, 5.41) is 17.4. The van der Waals surface area contributed by atoms with Crippen LogP contribution >= 0.6 is 0 Å². The molecule has 0 heterocycles. The molecule has 6 nitrogen and oxygen atoms in total. The number of carbonyl (C=O) groups excluding carboxylic acids is 1. The minimum absolute atomic E-state index is 0.110. The number of rotatable bonds is 9. The van der Waals surface area contributed by atoms with Gasteiger partial charge in [-0.3, -0.25) is 9.59 Å². The summed E-state index contributed by atoms with van der Waals surface area (Å²) in [6.07, 6.45) is 1.80. The van der Waals surface area contributed by atoms with E-state index in [1.807, 2.05) is 6.92 Å². The lowest BCUT2D eigenvalue weighted by atomic mass is 10.1. The van der Waals surface area contributed by atoms with Crippen LogP contribution in [0.3, 0.4) is 0 Å². The van der Waals surface area contributed by atoms with Gasteiger partial charge in [0.2, 0.25) is 5.91 Å². The first-order valence-electron chi connectivity index (χ1n) is 5.90. The van der Waals surface area contributed by atoms with Gasteiger partial charge in [-0.05, 0) is 12.8 Å². The quantitative estimate of drug-likeness (QED) is 0.522. The molecule has 0 aliphatic carbocycles. The SMILES string of the molecule is CCCCN(CCO)C(=O)C(N)CCC(=O)O. The van der Waals surface area contributed by atoms with Crippen LogP contribution < -0.4 is 5.73 Å². The predicted octanol–water partition coefficient (Wildman–Crippen LogP) is -0.200. The minimum atomic E-state index is -0.962. The number of nitrogens with two attached hydrogens (primary N) is 1. The fourth-order valence-corrected chi connectivity index (χ4v) is 1.44. The van der Waals surface area contributed by atoms with E-state index in [4.69, 9.17) is 15.9 Å². The molecule has 1 unspecified atom stereocenters. The number of nitrogens with zero attached hydrogens (tertiary/aromatic N) is 1. The number of aliphatic carboxylic acids is 1. The second-order valence-corrected chi connectivity index (χ2v) is 3.94. The van der Waals surface area contributed by atoms with E-state index in [0.717, 1.165) is 12.8 Å². The van der Waals surface area contributed by atoms with Crippen LogP contribution in [-0.2, 0) is 9.59 Å². The second kappa shape index (κ2) is 8.95. The smallest absolute Gasteiger partial charge is 0.303 e. The van der Waals surface area contributed by atoms with E-state index in [-0.39, 0.29) is 31.9 Å². The van der Waals surface area contributed by atoms with Crippen molar-refractivity contribution in [3.63, 3.8) is 0 Å². The van der Waals surface area contributed by atoms with Gasteiger partial charge in [0, 0.05) is 19.5 Å². The van der Waals surface area contributed by atoms with Gasteiger partial charge in [-0.2, -0.15) is 0 Å². The Morgan fingerprint density at radius 3 is 2.47 bits per heavy atom. The average molecular weight is 246 g/mol. The summed E-state index contributed by atoms with van der Waals surface area (Å²) in [6, 6.07) is -0.797. The fraction of sp³-hybridized carbons (Fsp3) is 0.818. The summed E-state index contributed by atoms with van der Waals surface area (Å²) in [6.45, 7) is 2.70. The zero-order chi connectivity index (χ0) is 13.3. The van der Waals surface area contributed by atoms with Gasteiger partial charge in [-0.25, -0.2) is 0 Å². The number of carboxylic acids is 1. The van der Waals surface area contributed by atoms with Gasteiger partial charge < -0.3 is 20.8 Å². The standard InChI is InChI=1S/C11H22N2O4/c1-2-3-6-13(7-8-14)11(17)9(12)4-5-10(15)16/h9,14H,2-8,12H2,1H3,(H,15,16). The largest absolute Gasteiger partial charge is 0.481 e. The van der Waals surface area contributed by atoms with E-state index < -0.39 is 12.0 Å². The highest BCUT2D eigenvalue weighted by Crippen LogP contribution is 2.03. The molecule has 0 saturated heterocycles. The first-order chi connectivity index (χ1) is 8.02. The van der Waals surface area contributed by atoms with Gasteiger partial charge in [0.15, 0.2) is 0 Å². The highest BCUT2D eigenvalue weighted by atomic mass is 16.4. The van der Waals surface area contributed by atoms with Crippen molar-refractivity contribution in [3.8, 4) is 0 Å². The number of carbonyl (C=O) groups is 2. The summed E-state index contributed by atoms with van der Waals surface area (Å²) in [7, 11) is 0. The molecule has 1 atom stereocenters. The molecule has 0 aliphatic rings. The molecular formula is C11H22N2O4. The average Bonchev–Trinajstić information content (AvgIpc) is 2.30. The zero-order valence-corrected chi connectivity index (χ0v) is 10.3. The van der Waals surface area contributed by atoms with Gasteiger partial charge >= 0.3 is 5.97 Å². The molecule has 100 valence electrons. The molecular weight excluding hydrogens is 224 g/mol. The fourth-order valence-electron chi connectivity index (χ4n) is 1.44. The van der Waals surface area contributed by atoms with E-state index >= 15 is 0 Å². The van der Waals surface area contributed by atoms with Crippen molar-refractivity contribution in [1.29, 1.82) is 0 Å². The van der Waals surface area contributed by atoms with Crippen molar-refractivity contribution in [2.75, 3.05) is 19.7 Å². The lowest BCUT2D eigenvalue weighted by Crippen LogP contribution is -2.45. The molecule has 0 spiro atoms. The van der Waals surface area contributed by atoms with Crippen LogP contribution in [0.4, 0.5) is 0 Å². The lowest BCUT2D eigenvalue weighted by molar-refractivity contribution is -0.137. The summed E-state index contributed by atoms with van der Waals surface area (Å²) >= 11 is 0. The number of hydrogen-bond acceptors (Lipinski definition) is 4. The predicted molar refractivity (Wildman–Crippen MR) is 63.4 cm³/mol. The summed E-state index contributed by atoms with van der Waals surface area (Å²) < 4.78 is 0. The summed E-state index contributed by atoms with van der Waals surface area (Å²) in [4.78, 5) is 23.7. The molecule has 0 aliphatic heterocycles. The van der Waals surface area contributed by atoms with Crippen LogP contribution in [0.15, 0.2) is 0 Å². The molecule has 0 aromatic rings. The van der Waals surface area contributed by atoms with Gasteiger partial charge in [-0.15, -0.1) is 0 Å². The van der Waals surface area contributed by atoms with E-state index in [9.17, 15) is 9.59 Å². The Morgan fingerprint density at radius 2 is 2.00 bits per heavy atom. The lowest BCUT2D eigenvalue weighted by Gasteiger charge is -2.24. The molecule has 0 fully saturated rings. The number of aliphatic hydroxyl groups excluding tert-OH is 1. The number of unbranched alkanes of at least 4 members (excludes halogenated alkanes) is 1. The van der Waals surface area contributed by atoms with Crippen molar-refractivity contribution < 1.29 is 19.8 Å². The Morgan fingerprint density at radius 1 is 1.35 bits per heavy atom. The summed E-state index contributed by atoms with van der Waals surface area (Å²) in [5.74, 6) is -1.25. The molecule has 0 saturated carbocycles. The van der Waals surface area contributed by atoms with Gasteiger partial charge in [-0.1, -0.05) is 13.3 Å². The second-order valence-electron chi connectivity index (χ2n) is 3.94. The molecule has 4 N–H and O–H groups in total. The van der Waals surface area contributed by atoms with E-state index in [1.54, 1.807) is 0 Å². The topological polar surface area (TPSA) is 104 Å². The molecule has 17 heavy (non-hydrogen) atoms. The number of amides is 1. The van der Waals surface area contributed by atoms with Crippen LogP contribution in [0.25, 0.3) is 0 Å². The Bertz CT molecular complexity index is 246. The van der Waals surface area contributed by atoms with Gasteiger partial charge in [0.25, 0.3) is 0 Å². The first-order valence-corrected chi connectivity index (χ1v) is 5.90. The van der Waals surface area contributed by atoms with E-state index in [1.165, 1.54) is 4.90 Å². The third kappa shape index (κ3) is 6.91. The Hall–Kier alpha value is -1.14. The third-order valence-electron chi connectivity index (χ3n) is 2.45. The normalized spacial score (nSPS) is 12.2. The highest BCUT2D eigenvalue weighted by Gasteiger charge is 2.20. The van der Waals surface area contributed by atoms with Crippen molar-refractivity contribution in [1.82, 2.24) is 4.90 Å². The first kappa shape index (κ1) is 15.9. The van der Waals surface area contributed by atoms with Crippen molar-refractivity contribution in [3.05, 3.63) is 0 Å². The molecule has 0 rings (SSSR count). The maximum absolute atomic E-state index is 11.8. The van der Waals surface area contributed by atoms with Gasteiger partial charge in [0.05, 0.1) is 12.6 Å². The number of carboxylic acid groups (broad SMARTS) is 1. The molecule has 0 aromatic heterocycles. The van der Waals surface area contributed by atoms with Crippen LogP contribution in [0.1, 0.15) is 32.6 Å². The monoisotopic (exact) mass is 246 g/mol. The molecule has 6 heteroatoms. The van der Waals surface area contributed by atoms with Crippen LogP contribution in [0, 0.1) is 0 Å². The van der Waals surface area contributed by atoms with Crippen molar-refractivity contribution in [2.45, 2.75) is 38.6 Å². The third-order valence-corrected chi connectivity index (χ3v) is 2.45. The maximum Gasteiger partial charge on any atom is 0.303 e. The Kier molecular flexibility index (Phi) is 8.35. The van der Waals surface area contributed by atoms with Crippen LogP contribution in [0.2, 0.25) is 0 Å². The number of aliphatic hydroxyl groups is 1. The molecule has 0 aromatic carbocycles. The maximum atomic E-state index is 11.8. The van der Waals surface area contributed by atoms with Gasteiger partial charge in [0.1, 0.15) is 0 Å². The van der Waals surface area contributed by atoms with Crippen molar-refractivity contribution in [2.24, 2.45) is 5.73 Å². The number of hydrogen-bond donors (Lipinski definition) is 3. The highest BCUT2D eigenvalue weighted by molar-refractivity contribution is 5.82. The summed E-state index contributed by atoms with van der Waals surface area (Å²) in [5.41, 5.74) is 5.63. The molecule has 1 amide bonds. The zero-order valence-electron chi connectivity index (χ0n) is 10.3. The van der Waals surface area contributed by atoms with E-state index in [2.05, 4.69) is 0 Å². The van der Waals surface area contributed by atoms with Crippen molar-refractivity contribution >= 4 is 11.9 Å². The van der Waals surface area contributed by atoms with Crippen LogP contribution in [0.5, 0.6) is 0 Å².